The van der Waals surface area contributed by atoms with Crippen LogP contribution in [-0.2, 0) is 6.42 Å². The third kappa shape index (κ3) is 2.27. The average molecular weight is 411 g/mol. The van der Waals surface area contributed by atoms with Crippen molar-refractivity contribution in [2.24, 2.45) is 0 Å². The fourth-order valence-corrected chi connectivity index (χ4v) is 4.06. The molecule has 6 nitrogen and oxygen atoms in total. The number of hydrogen-bond acceptors (Lipinski definition) is 4. The van der Waals surface area contributed by atoms with Gasteiger partial charge in [-0.1, -0.05) is 6.07 Å². The molecule has 0 radical (unpaired) electrons. The van der Waals surface area contributed by atoms with Crippen LogP contribution in [0.3, 0.4) is 0 Å². The van der Waals surface area contributed by atoms with E-state index in [0.717, 1.165) is 21.9 Å². The summed E-state index contributed by atoms with van der Waals surface area (Å²) in [5.41, 5.74) is 4.40. The zero-order chi connectivity index (χ0) is 17.8. The van der Waals surface area contributed by atoms with Crippen LogP contribution in [0.1, 0.15) is 34.6 Å². The molecule has 0 saturated carbocycles. The maximum absolute atomic E-state index is 13.1. The van der Waals surface area contributed by atoms with Gasteiger partial charge in [0.1, 0.15) is 5.58 Å². The lowest BCUT2D eigenvalue weighted by molar-refractivity contribution is 0.0672. The Hall–Kier alpha value is -2.67. The van der Waals surface area contributed by atoms with Crippen LogP contribution in [0.2, 0.25) is 0 Å². The van der Waals surface area contributed by atoms with Crippen molar-refractivity contribution < 1.29 is 9.21 Å². The van der Waals surface area contributed by atoms with Crippen LogP contribution in [0.25, 0.3) is 16.6 Å². The minimum absolute atomic E-state index is 0.0185. The maximum Gasteiger partial charge on any atom is 0.274 e. The highest BCUT2D eigenvalue weighted by molar-refractivity contribution is 9.10. The standard InChI is InChI=1S/C19H15BrN4O2/c1-11-13-2-3-17-15(5-7-26-17)14(13)4-6-23(11)19(25)16-8-18-21-9-12(20)10-24(18)22-16/h2-3,5,7-11H,4,6H2,1H3. The summed E-state index contributed by atoms with van der Waals surface area (Å²) in [4.78, 5) is 19.2. The first-order chi connectivity index (χ1) is 12.6. The van der Waals surface area contributed by atoms with Crippen molar-refractivity contribution in [1.82, 2.24) is 19.5 Å². The second kappa shape index (κ2) is 5.67. The first kappa shape index (κ1) is 15.6. The van der Waals surface area contributed by atoms with E-state index in [4.69, 9.17) is 4.42 Å². The summed E-state index contributed by atoms with van der Waals surface area (Å²) in [5, 5.41) is 5.54. The van der Waals surface area contributed by atoms with Gasteiger partial charge in [-0.05, 0) is 52.5 Å². The first-order valence-electron chi connectivity index (χ1n) is 8.43. The van der Waals surface area contributed by atoms with E-state index in [2.05, 4.69) is 39.0 Å². The van der Waals surface area contributed by atoms with Crippen LogP contribution in [0.4, 0.5) is 0 Å². The quantitative estimate of drug-likeness (QED) is 0.475. The lowest BCUT2D eigenvalue weighted by Crippen LogP contribution is -2.39. The second-order valence-electron chi connectivity index (χ2n) is 6.49. The molecule has 0 saturated heterocycles. The molecule has 1 aliphatic rings. The number of benzene rings is 1. The van der Waals surface area contributed by atoms with Crippen LogP contribution in [-0.4, -0.2) is 31.9 Å². The first-order valence-corrected chi connectivity index (χ1v) is 9.22. The maximum atomic E-state index is 13.1. The van der Waals surface area contributed by atoms with E-state index >= 15 is 0 Å². The molecule has 1 aromatic carbocycles. The number of hydrogen-bond donors (Lipinski definition) is 0. The molecule has 1 atom stereocenters. The SMILES string of the molecule is CC1c2ccc3occc3c2CCN1C(=O)c1cc2ncc(Br)cn2n1. The minimum Gasteiger partial charge on any atom is -0.464 e. The van der Waals surface area contributed by atoms with E-state index in [1.165, 1.54) is 11.1 Å². The summed E-state index contributed by atoms with van der Waals surface area (Å²) in [6.45, 7) is 2.72. The Kier molecular flexibility index (Phi) is 3.40. The molecule has 130 valence electrons. The summed E-state index contributed by atoms with van der Waals surface area (Å²) in [6.07, 6.45) is 6.01. The Bertz CT molecular complexity index is 1160. The monoisotopic (exact) mass is 410 g/mol. The largest absolute Gasteiger partial charge is 0.464 e. The number of amides is 1. The van der Waals surface area contributed by atoms with Gasteiger partial charge < -0.3 is 9.32 Å². The Morgan fingerprint density at radius 2 is 2.23 bits per heavy atom. The zero-order valence-corrected chi connectivity index (χ0v) is 15.6. The number of carbonyl (C=O) groups excluding carboxylic acids is 1. The van der Waals surface area contributed by atoms with Crippen molar-refractivity contribution in [3.05, 3.63) is 64.2 Å². The predicted octanol–water partition coefficient (Wildman–Crippen LogP) is 4.00. The highest BCUT2D eigenvalue weighted by Gasteiger charge is 2.30. The van der Waals surface area contributed by atoms with Crippen LogP contribution < -0.4 is 0 Å². The van der Waals surface area contributed by atoms with Gasteiger partial charge in [0.15, 0.2) is 11.3 Å². The van der Waals surface area contributed by atoms with Crippen molar-refractivity contribution in [3.8, 4) is 0 Å². The Balaban J connectivity index is 1.52. The van der Waals surface area contributed by atoms with Gasteiger partial charge >= 0.3 is 0 Å². The van der Waals surface area contributed by atoms with Crippen molar-refractivity contribution >= 4 is 38.5 Å². The molecule has 1 aliphatic heterocycles. The molecule has 0 fully saturated rings. The topological polar surface area (TPSA) is 63.6 Å². The number of halogens is 1. The van der Waals surface area contributed by atoms with Gasteiger partial charge in [0.25, 0.3) is 5.91 Å². The van der Waals surface area contributed by atoms with Gasteiger partial charge in [0.05, 0.1) is 16.8 Å². The molecule has 7 heteroatoms. The Labute approximate surface area is 157 Å². The number of nitrogens with zero attached hydrogens (tertiary/aromatic N) is 4. The molecule has 0 spiro atoms. The van der Waals surface area contributed by atoms with Gasteiger partial charge in [-0.15, -0.1) is 0 Å². The molecule has 0 N–H and O–H groups in total. The summed E-state index contributed by atoms with van der Waals surface area (Å²) in [5.74, 6) is -0.0722. The molecule has 3 aromatic heterocycles. The van der Waals surface area contributed by atoms with Gasteiger partial charge in [-0.25, -0.2) is 9.50 Å². The normalized spacial score (nSPS) is 17.0. The molecule has 0 aliphatic carbocycles. The predicted molar refractivity (Wildman–Crippen MR) is 100 cm³/mol. The molecule has 0 bridgehead atoms. The van der Waals surface area contributed by atoms with E-state index in [1.807, 2.05) is 17.0 Å². The van der Waals surface area contributed by atoms with Crippen molar-refractivity contribution in [3.63, 3.8) is 0 Å². The number of carbonyl (C=O) groups is 1. The average Bonchev–Trinajstić information content (AvgIpc) is 3.27. The summed E-state index contributed by atoms with van der Waals surface area (Å²) < 4.78 is 7.94. The number of rotatable bonds is 1. The van der Waals surface area contributed by atoms with E-state index in [-0.39, 0.29) is 11.9 Å². The zero-order valence-electron chi connectivity index (χ0n) is 14.0. The van der Waals surface area contributed by atoms with E-state index < -0.39 is 0 Å². The van der Waals surface area contributed by atoms with Gasteiger partial charge in [0.2, 0.25) is 0 Å². The fraction of sp³-hybridized carbons (Fsp3) is 0.211. The van der Waals surface area contributed by atoms with E-state index in [9.17, 15) is 4.79 Å². The lowest BCUT2D eigenvalue weighted by Gasteiger charge is -2.35. The highest BCUT2D eigenvalue weighted by Crippen LogP contribution is 2.35. The lowest BCUT2D eigenvalue weighted by atomic mass is 9.91. The van der Waals surface area contributed by atoms with Crippen LogP contribution in [0, 0.1) is 0 Å². The molecule has 4 aromatic rings. The van der Waals surface area contributed by atoms with Crippen LogP contribution in [0.5, 0.6) is 0 Å². The van der Waals surface area contributed by atoms with Crippen molar-refractivity contribution in [2.75, 3.05) is 6.54 Å². The van der Waals surface area contributed by atoms with E-state index in [1.54, 1.807) is 29.2 Å². The Morgan fingerprint density at radius 3 is 3.12 bits per heavy atom. The van der Waals surface area contributed by atoms with Crippen molar-refractivity contribution in [2.45, 2.75) is 19.4 Å². The third-order valence-electron chi connectivity index (χ3n) is 5.07. The molecule has 4 heterocycles. The fourth-order valence-electron chi connectivity index (χ4n) is 3.77. The number of aromatic nitrogens is 3. The number of fused-ring (bicyclic) bond motifs is 4. The summed E-state index contributed by atoms with van der Waals surface area (Å²) >= 11 is 3.37. The van der Waals surface area contributed by atoms with E-state index in [0.29, 0.717) is 17.9 Å². The third-order valence-corrected chi connectivity index (χ3v) is 5.47. The minimum atomic E-state index is -0.0722. The molecule has 5 rings (SSSR count). The van der Waals surface area contributed by atoms with Crippen molar-refractivity contribution in [1.29, 1.82) is 0 Å². The van der Waals surface area contributed by atoms with Gasteiger partial charge in [0, 0.05) is 30.4 Å². The number of furan rings is 1. The smallest absolute Gasteiger partial charge is 0.274 e. The molecule has 26 heavy (non-hydrogen) atoms. The summed E-state index contributed by atoms with van der Waals surface area (Å²) in [6, 6.07) is 7.76. The molecule has 1 amide bonds. The van der Waals surface area contributed by atoms with Gasteiger partial charge in [-0.3, -0.25) is 4.79 Å². The molecular weight excluding hydrogens is 396 g/mol. The highest BCUT2D eigenvalue weighted by atomic mass is 79.9. The van der Waals surface area contributed by atoms with Crippen LogP contribution in [0.15, 0.2) is 51.8 Å². The molecular formula is C19H15BrN4O2. The second-order valence-corrected chi connectivity index (χ2v) is 7.41. The summed E-state index contributed by atoms with van der Waals surface area (Å²) in [7, 11) is 0. The Morgan fingerprint density at radius 1 is 1.35 bits per heavy atom. The van der Waals surface area contributed by atoms with Gasteiger partial charge in [-0.2, -0.15) is 5.10 Å². The molecule has 1 unspecified atom stereocenters. The van der Waals surface area contributed by atoms with Crippen LogP contribution >= 0.6 is 15.9 Å².